The van der Waals surface area contributed by atoms with E-state index in [-0.39, 0.29) is 39.7 Å². The zero-order valence-electron chi connectivity index (χ0n) is 20.8. The molecule has 4 heteroatoms. The number of hydrogen-bond acceptors (Lipinski definition) is 4. The van der Waals surface area contributed by atoms with E-state index in [2.05, 4.69) is 20.8 Å². The third-order valence-electron chi connectivity index (χ3n) is 10.6. The third-order valence-corrected chi connectivity index (χ3v) is 10.6. The molecule has 4 aliphatic carbocycles. The maximum absolute atomic E-state index is 13.1. The van der Waals surface area contributed by atoms with Gasteiger partial charge in [-0.1, -0.05) is 38.5 Å². The second kappa shape index (κ2) is 7.85. The number of esters is 2. The van der Waals surface area contributed by atoms with E-state index in [4.69, 9.17) is 9.47 Å². The summed E-state index contributed by atoms with van der Waals surface area (Å²) in [4.78, 5) is 26.0. The van der Waals surface area contributed by atoms with Gasteiger partial charge in [0.15, 0.2) is 0 Å². The first kappa shape index (κ1) is 22.9. The van der Waals surface area contributed by atoms with Crippen molar-refractivity contribution < 1.29 is 19.1 Å². The van der Waals surface area contributed by atoms with Crippen molar-refractivity contribution in [3.8, 4) is 0 Å². The van der Waals surface area contributed by atoms with Crippen LogP contribution in [0.3, 0.4) is 0 Å². The first-order valence-corrected chi connectivity index (χ1v) is 13.1. The highest BCUT2D eigenvalue weighted by atomic mass is 16.5. The van der Waals surface area contributed by atoms with Crippen molar-refractivity contribution in [2.24, 2.45) is 33.5 Å². The molecule has 0 saturated heterocycles. The molecule has 4 fully saturated rings. The van der Waals surface area contributed by atoms with Crippen LogP contribution < -0.4 is 0 Å². The molecule has 5 rings (SSSR count). The van der Waals surface area contributed by atoms with Crippen LogP contribution in [0.25, 0.3) is 0 Å². The SMILES string of the molecule is CCOC(=O)[C@]1(C)CCC[C@@]2(C)[C@@H]3CC[C@@]4(C)C[C@]3(CC[C@@H]21)C[C@H]4OC(=O)c1ccccc1. The van der Waals surface area contributed by atoms with Crippen molar-refractivity contribution in [1.29, 1.82) is 0 Å². The smallest absolute Gasteiger partial charge is 0.338 e. The van der Waals surface area contributed by atoms with Crippen LogP contribution in [0.1, 0.15) is 95.8 Å². The Labute approximate surface area is 198 Å². The van der Waals surface area contributed by atoms with E-state index in [0.717, 1.165) is 44.9 Å². The summed E-state index contributed by atoms with van der Waals surface area (Å²) in [5.41, 5.74) is 0.710. The van der Waals surface area contributed by atoms with E-state index in [1.807, 2.05) is 37.3 Å². The molecular weight excluding hydrogens is 412 g/mol. The lowest BCUT2D eigenvalue weighted by atomic mass is 9.40. The number of carbonyl (C=O) groups excluding carboxylic acids is 2. The van der Waals surface area contributed by atoms with Gasteiger partial charge in [0.05, 0.1) is 17.6 Å². The first-order chi connectivity index (χ1) is 15.7. The lowest BCUT2D eigenvalue weighted by Gasteiger charge is -2.64. The molecule has 0 unspecified atom stereocenters. The van der Waals surface area contributed by atoms with Gasteiger partial charge in [-0.2, -0.15) is 0 Å². The Morgan fingerprint density at radius 3 is 2.42 bits per heavy atom. The lowest BCUT2D eigenvalue weighted by Crippen LogP contribution is -2.58. The molecule has 1 aromatic rings. The molecule has 0 aliphatic heterocycles. The van der Waals surface area contributed by atoms with Gasteiger partial charge in [0, 0.05) is 5.41 Å². The normalized spacial score (nSPS) is 43.8. The van der Waals surface area contributed by atoms with Gasteiger partial charge in [0.1, 0.15) is 6.10 Å². The van der Waals surface area contributed by atoms with Gasteiger partial charge in [-0.3, -0.25) is 4.79 Å². The van der Waals surface area contributed by atoms with Crippen LogP contribution >= 0.6 is 0 Å². The van der Waals surface area contributed by atoms with Crippen molar-refractivity contribution >= 4 is 11.9 Å². The van der Waals surface area contributed by atoms with E-state index < -0.39 is 0 Å². The molecule has 1 spiro atoms. The van der Waals surface area contributed by atoms with E-state index >= 15 is 0 Å². The number of benzene rings is 1. The summed E-state index contributed by atoms with van der Waals surface area (Å²) >= 11 is 0. The zero-order valence-corrected chi connectivity index (χ0v) is 20.8. The van der Waals surface area contributed by atoms with Crippen molar-refractivity contribution in [2.45, 2.75) is 91.6 Å². The molecule has 4 aliphatic rings. The van der Waals surface area contributed by atoms with Crippen LogP contribution in [-0.4, -0.2) is 24.6 Å². The lowest BCUT2D eigenvalue weighted by molar-refractivity contribution is -0.187. The number of rotatable bonds is 4. The Balaban J connectivity index is 1.41. The Kier molecular flexibility index (Phi) is 5.45. The van der Waals surface area contributed by atoms with Crippen LogP contribution in [0.15, 0.2) is 30.3 Å². The Morgan fingerprint density at radius 2 is 1.70 bits per heavy atom. The maximum Gasteiger partial charge on any atom is 0.338 e. The first-order valence-electron chi connectivity index (χ1n) is 13.1. The third kappa shape index (κ3) is 3.38. The molecule has 7 atom stereocenters. The minimum absolute atomic E-state index is 0.0126. The predicted molar refractivity (Wildman–Crippen MR) is 128 cm³/mol. The Morgan fingerprint density at radius 1 is 0.970 bits per heavy atom. The molecule has 0 heterocycles. The van der Waals surface area contributed by atoms with Gasteiger partial charge >= 0.3 is 11.9 Å². The molecule has 0 N–H and O–H groups in total. The molecule has 4 saturated carbocycles. The fourth-order valence-corrected chi connectivity index (χ4v) is 9.20. The van der Waals surface area contributed by atoms with Crippen LogP contribution in [0, 0.1) is 33.5 Å². The van der Waals surface area contributed by atoms with Crippen LogP contribution in [0.2, 0.25) is 0 Å². The Hall–Kier alpha value is -1.84. The second-order valence-electron chi connectivity index (χ2n) is 12.3. The highest BCUT2D eigenvalue weighted by Crippen LogP contribution is 2.74. The average Bonchev–Trinajstić information content (AvgIpc) is 2.98. The molecule has 0 radical (unpaired) electrons. The molecule has 4 nitrogen and oxygen atoms in total. The summed E-state index contributed by atoms with van der Waals surface area (Å²) in [6.45, 7) is 9.37. The highest BCUT2D eigenvalue weighted by molar-refractivity contribution is 5.89. The van der Waals surface area contributed by atoms with Gasteiger partial charge in [-0.05, 0) is 100 Å². The standard InChI is InChI=1S/C29H40O4/c1-5-32-25(31)28(4)15-9-14-27(3)21(28)13-17-29-18-23(26(2,19-29)16-12-22(27)29)33-24(30)20-10-7-6-8-11-20/h6-8,10-11,21-23H,5,9,12-19H2,1-4H3/t21-,22-,23+,26-,27+,28+,29-/m0/s1. The van der Waals surface area contributed by atoms with Crippen molar-refractivity contribution in [3.05, 3.63) is 35.9 Å². The van der Waals surface area contributed by atoms with Crippen LogP contribution in [-0.2, 0) is 14.3 Å². The highest BCUT2D eigenvalue weighted by Gasteiger charge is 2.68. The van der Waals surface area contributed by atoms with Gasteiger partial charge < -0.3 is 9.47 Å². The van der Waals surface area contributed by atoms with Crippen molar-refractivity contribution in [2.75, 3.05) is 6.61 Å². The summed E-state index contributed by atoms with van der Waals surface area (Å²) in [6, 6.07) is 9.41. The quantitative estimate of drug-likeness (QED) is 0.484. The maximum atomic E-state index is 13.1. The average molecular weight is 453 g/mol. The van der Waals surface area contributed by atoms with Gasteiger partial charge in [0.2, 0.25) is 0 Å². The fourth-order valence-electron chi connectivity index (χ4n) is 9.20. The van der Waals surface area contributed by atoms with E-state index in [9.17, 15) is 9.59 Å². The second-order valence-corrected chi connectivity index (χ2v) is 12.3. The number of hydrogen-bond donors (Lipinski definition) is 0. The topological polar surface area (TPSA) is 52.6 Å². The van der Waals surface area contributed by atoms with Crippen LogP contribution in [0.4, 0.5) is 0 Å². The molecular formula is C29H40O4. The summed E-state index contributed by atoms with van der Waals surface area (Å²) in [7, 11) is 0. The Bertz CT molecular complexity index is 927. The van der Waals surface area contributed by atoms with E-state index in [0.29, 0.717) is 24.0 Å². The van der Waals surface area contributed by atoms with Crippen molar-refractivity contribution in [1.82, 2.24) is 0 Å². The monoisotopic (exact) mass is 452 g/mol. The largest absolute Gasteiger partial charge is 0.466 e. The summed E-state index contributed by atoms with van der Waals surface area (Å²) in [5.74, 6) is 0.795. The van der Waals surface area contributed by atoms with Gasteiger partial charge in [0.25, 0.3) is 0 Å². The van der Waals surface area contributed by atoms with E-state index in [1.165, 1.54) is 12.8 Å². The molecule has 0 amide bonds. The molecule has 180 valence electrons. The number of carbonyl (C=O) groups is 2. The van der Waals surface area contributed by atoms with Crippen LogP contribution in [0.5, 0.6) is 0 Å². The minimum Gasteiger partial charge on any atom is -0.466 e. The summed E-state index contributed by atoms with van der Waals surface area (Å²) < 4.78 is 11.8. The molecule has 2 bridgehead atoms. The molecule has 0 aromatic heterocycles. The number of ether oxygens (including phenoxy) is 2. The number of fused-ring (bicyclic) bond motifs is 3. The van der Waals surface area contributed by atoms with Gasteiger partial charge in [-0.15, -0.1) is 0 Å². The fraction of sp³-hybridized carbons (Fsp3) is 0.724. The zero-order chi connectivity index (χ0) is 23.5. The van der Waals surface area contributed by atoms with Crippen molar-refractivity contribution in [3.63, 3.8) is 0 Å². The summed E-state index contributed by atoms with van der Waals surface area (Å²) in [6.07, 6.45) is 9.85. The summed E-state index contributed by atoms with van der Waals surface area (Å²) in [5, 5.41) is 0. The predicted octanol–water partition coefficient (Wildman–Crippen LogP) is 6.58. The van der Waals surface area contributed by atoms with Gasteiger partial charge in [-0.25, -0.2) is 4.79 Å². The van der Waals surface area contributed by atoms with E-state index in [1.54, 1.807) is 0 Å². The molecule has 33 heavy (non-hydrogen) atoms. The molecule has 1 aromatic carbocycles. The minimum atomic E-state index is -0.372.